The van der Waals surface area contributed by atoms with Crippen molar-refractivity contribution in [1.29, 1.82) is 0 Å². The van der Waals surface area contributed by atoms with E-state index >= 15 is 0 Å². The third kappa shape index (κ3) is 3.57. The normalized spacial score (nSPS) is 9.88. The van der Waals surface area contributed by atoms with Crippen molar-refractivity contribution in [3.05, 3.63) is 53.1 Å². The maximum Gasteiger partial charge on any atom is 0.260 e. The average Bonchev–Trinajstić information content (AvgIpc) is 2.60. The molecule has 7 nitrogen and oxygen atoms in total. The molecular formula is C18H17N3O4. The number of nitrogens with two attached hydrogens (primary N) is 1. The molecule has 0 saturated heterocycles. The second kappa shape index (κ2) is 7.42. The molecule has 0 saturated carbocycles. The fraction of sp³-hybridized carbons (Fsp3) is 0.167. The first kappa shape index (κ1) is 17.9. The van der Waals surface area contributed by atoms with Gasteiger partial charge in [-0.05, 0) is 31.2 Å². The molecular weight excluding hydrogens is 322 g/mol. The molecule has 0 fully saturated rings. The Hall–Kier alpha value is -3.44. The van der Waals surface area contributed by atoms with Gasteiger partial charge in [-0.2, -0.15) is 4.99 Å². The molecule has 128 valence electrons. The number of carbonyl (C=O) groups is 2. The van der Waals surface area contributed by atoms with Crippen LogP contribution in [0.25, 0.3) is 0 Å². The number of hydrogen-bond acceptors (Lipinski definition) is 5. The Bertz CT molecular complexity index is 886. The van der Waals surface area contributed by atoms with E-state index in [0.717, 1.165) is 5.56 Å². The number of nitrogens with zero attached hydrogens (tertiary/aromatic N) is 2. The third-order valence-corrected chi connectivity index (χ3v) is 3.69. The molecule has 0 aromatic heterocycles. The van der Waals surface area contributed by atoms with Crippen LogP contribution in [0.3, 0.4) is 0 Å². The molecule has 2 N–H and O–H groups in total. The number of ether oxygens (including phenoxy) is 1. The summed E-state index contributed by atoms with van der Waals surface area (Å²) in [5.41, 5.74) is 7.04. The van der Waals surface area contributed by atoms with Gasteiger partial charge in [0.2, 0.25) is 6.08 Å². The van der Waals surface area contributed by atoms with Gasteiger partial charge in [0.1, 0.15) is 11.4 Å². The third-order valence-electron chi connectivity index (χ3n) is 3.69. The van der Waals surface area contributed by atoms with Crippen molar-refractivity contribution in [2.45, 2.75) is 6.92 Å². The summed E-state index contributed by atoms with van der Waals surface area (Å²) >= 11 is 0. The highest BCUT2D eigenvalue weighted by Crippen LogP contribution is 2.33. The van der Waals surface area contributed by atoms with E-state index in [-0.39, 0.29) is 22.6 Å². The van der Waals surface area contributed by atoms with Crippen LogP contribution in [0.1, 0.15) is 26.3 Å². The summed E-state index contributed by atoms with van der Waals surface area (Å²) in [7, 11) is 2.91. The number of hydrogen-bond donors (Lipinski definition) is 1. The summed E-state index contributed by atoms with van der Waals surface area (Å²) in [6.45, 7) is 1.82. The molecule has 0 heterocycles. The minimum Gasteiger partial charge on any atom is -0.494 e. The van der Waals surface area contributed by atoms with Gasteiger partial charge in [-0.3, -0.25) is 9.59 Å². The van der Waals surface area contributed by atoms with Crippen LogP contribution in [0.15, 0.2) is 41.4 Å². The highest BCUT2D eigenvalue weighted by Gasteiger charge is 2.22. The minimum absolute atomic E-state index is 0.0737. The van der Waals surface area contributed by atoms with Crippen LogP contribution in [0.2, 0.25) is 0 Å². The van der Waals surface area contributed by atoms with Gasteiger partial charge in [0.15, 0.2) is 0 Å². The molecule has 0 bridgehead atoms. The number of isocyanates is 1. The summed E-state index contributed by atoms with van der Waals surface area (Å²) in [6, 6.07) is 9.70. The van der Waals surface area contributed by atoms with E-state index in [9.17, 15) is 14.4 Å². The van der Waals surface area contributed by atoms with Crippen LogP contribution in [-0.4, -0.2) is 32.1 Å². The van der Waals surface area contributed by atoms with Gasteiger partial charge in [0, 0.05) is 7.05 Å². The number of methoxy groups -OCH3 is 1. The van der Waals surface area contributed by atoms with Gasteiger partial charge in [0.05, 0.1) is 23.9 Å². The smallest absolute Gasteiger partial charge is 0.260 e. The van der Waals surface area contributed by atoms with Gasteiger partial charge in [0.25, 0.3) is 11.8 Å². The largest absolute Gasteiger partial charge is 0.494 e. The molecule has 0 aliphatic carbocycles. The van der Waals surface area contributed by atoms with Gasteiger partial charge in [-0.15, -0.1) is 0 Å². The van der Waals surface area contributed by atoms with E-state index in [1.165, 1.54) is 31.2 Å². The molecule has 0 atom stereocenters. The lowest BCUT2D eigenvalue weighted by molar-refractivity contribution is 0.0993. The Labute approximate surface area is 144 Å². The molecule has 0 spiro atoms. The lowest BCUT2D eigenvalue weighted by Gasteiger charge is -2.21. The summed E-state index contributed by atoms with van der Waals surface area (Å²) < 4.78 is 5.13. The first-order chi connectivity index (χ1) is 11.9. The van der Waals surface area contributed by atoms with Crippen LogP contribution in [0, 0.1) is 6.92 Å². The molecule has 25 heavy (non-hydrogen) atoms. The van der Waals surface area contributed by atoms with E-state index in [1.807, 2.05) is 6.92 Å². The second-order valence-corrected chi connectivity index (χ2v) is 5.31. The lowest BCUT2D eigenvalue weighted by atomic mass is 10.1. The van der Waals surface area contributed by atoms with Gasteiger partial charge in [-0.1, -0.05) is 17.7 Å². The van der Waals surface area contributed by atoms with Gasteiger partial charge >= 0.3 is 0 Å². The van der Waals surface area contributed by atoms with Crippen molar-refractivity contribution in [3.63, 3.8) is 0 Å². The predicted molar refractivity (Wildman–Crippen MR) is 93.2 cm³/mol. The highest BCUT2D eigenvalue weighted by atomic mass is 16.5. The number of benzene rings is 2. The molecule has 0 aliphatic rings. The highest BCUT2D eigenvalue weighted by molar-refractivity contribution is 6.12. The number of carbonyl (C=O) groups excluding carboxylic acids is 3. The molecule has 2 aromatic rings. The second-order valence-electron chi connectivity index (χ2n) is 5.31. The van der Waals surface area contributed by atoms with Crippen molar-refractivity contribution in [3.8, 4) is 5.75 Å². The topological polar surface area (TPSA) is 102 Å². The number of rotatable bonds is 5. The Balaban J connectivity index is 2.56. The molecule has 2 aromatic carbocycles. The summed E-state index contributed by atoms with van der Waals surface area (Å²) in [5.74, 6) is -0.851. The predicted octanol–water partition coefficient (Wildman–Crippen LogP) is 2.35. The van der Waals surface area contributed by atoms with Crippen molar-refractivity contribution in [1.82, 2.24) is 0 Å². The van der Waals surface area contributed by atoms with Crippen LogP contribution < -0.4 is 15.4 Å². The standard InChI is InChI=1S/C18H17N3O4/c1-11-7-8-14(13(9-11)17(19)23)21(2)18(24)12-5-4-6-15(25-3)16(12)20-10-22/h4-9H,1-3H3,(H2,19,23). The fourth-order valence-electron chi connectivity index (χ4n) is 2.45. The monoisotopic (exact) mass is 339 g/mol. The summed E-state index contributed by atoms with van der Waals surface area (Å²) in [5, 5.41) is 0. The van der Waals surface area contributed by atoms with Crippen LogP contribution >= 0.6 is 0 Å². The van der Waals surface area contributed by atoms with Crippen LogP contribution in [0.4, 0.5) is 11.4 Å². The number of para-hydroxylation sites is 1. The Kier molecular flexibility index (Phi) is 5.31. The van der Waals surface area contributed by atoms with Crippen molar-refractivity contribution < 1.29 is 19.1 Å². The van der Waals surface area contributed by atoms with Crippen LogP contribution in [-0.2, 0) is 4.79 Å². The zero-order valence-corrected chi connectivity index (χ0v) is 14.1. The van der Waals surface area contributed by atoms with Gasteiger partial charge < -0.3 is 15.4 Å². The summed E-state index contributed by atoms with van der Waals surface area (Å²) in [6.07, 6.45) is 1.42. The van der Waals surface area contributed by atoms with Crippen LogP contribution in [0.5, 0.6) is 5.75 Å². The zero-order valence-electron chi connectivity index (χ0n) is 14.1. The Morgan fingerprint density at radius 1 is 1.20 bits per heavy atom. The molecule has 2 amide bonds. The maximum atomic E-state index is 12.9. The van der Waals surface area contributed by atoms with Crippen molar-refractivity contribution in [2.24, 2.45) is 10.7 Å². The van der Waals surface area contributed by atoms with Gasteiger partial charge in [-0.25, -0.2) is 4.79 Å². The SMILES string of the molecule is COc1cccc(C(=O)N(C)c2ccc(C)cc2C(N)=O)c1N=C=O. The zero-order chi connectivity index (χ0) is 18.6. The minimum atomic E-state index is -0.643. The number of primary amides is 1. The van der Waals surface area contributed by atoms with E-state index in [4.69, 9.17) is 10.5 Å². The number of aryl methyl sites for hydroxylation is 1. The first-order valence-corrected chi connectivity index (χ1v) is 7.34. The molecule has 0 aliphatic heterocycles. The quantitative estimate of drug-likeness (QED) is 0.667. The number of aliphatic imine (C=N–C) groups is 1. The number of amides is 2. The molecule has 0 radical (unpaired) electrons. The summed E-state index contributed by atoms with van der Waals surface area (Å²) in [4.78, 5) is 40.2. The Morgan fingerprint density at radius 3 is 2.52 bits per heavy atom. The maximum absolute atomic E-state index is 12.9. The van der Waals surface area contributed by atoms with E-state index < -0.39 is 11.8 Å². The lowest BCUT2D eigenvalue weighted by Crippen LogP contribution is -2.29. The fourth-order valence-corrected chi connectivity index (χ4v) is 2.45. The van der Waals surface area contributed by atoms with E-state index in [0.29, 0.717) is 5.69 Å². The average molecular weight is 339 g/mol. The molecule has 7 heteroatoms. The Morgan fingerprint density at radius 2 is 1.92 bits per heavy atom. The van der Waals surface area contributed by atoms with Crippen molar-refractivity contribution >= 4 is 29.3 Å². The van der Waals surface area contributed by atoms with E-state index in [1.54, 1.807) is 30.3 Å². The van der Waals surface area contributed by atoms with Crippen molar-refractivity contribution in [2.75, 3.05) is 19.1 Å². The van der Waals surface area contributed by atoms with E-state index in [2.05, 4.69) is 4.99 Å². The molecule has 2 rings (SSSR count). The first-order valence-electron chi connectivity index (χ1n) is 7.34. The number of anilines is 1. The molecule has 0 unspecified atom stereocenters.